The van der Waals surface area contributed by atoms with Gasteiger partial charge in [-0.1, -0.05) is 30.3 Å². The fourth-order valence-corrected chi connectivity index (χ4v) is 3.08. The van der Waals surface area contributed by atoms with Crippen LogP contribution < -0.4 is 5.73 Å². The van der Waals surface area contributed by atoms with Crippen LogP contribution in [0.1, 0.15) is 32.5 Å². The minimum absolute atomic E-state index is 0.0232. The fraction of sp³-hybridized carbons (Fsp3) is 0.294. The predicted octanol–water partition coefficient (Wildman–Crippen LogP) is 2.59. The highest BCUT2D eigenvalue weighted by Gasteiger charge is 2.18. The van der Waals surface area contributed by atoms with Gasteiger partial charge in [-0.05, 0) is 25.0 Å². The van der Waals surface area contributed by atoms with E-state index >= 15 is 0 Å². The monoisotopic (exact) mass is 316 g/mol. The first-order valence-electron chi connectivity index (χ1n) is 7.24. The number of amides is 1. The summed E-state index contributed by atoms with van der Waals surface area (Å²) in [5.74, 6) is -0.0798. The second kappa shape index (κ2) is 7.87. The van der Waals surface area contributed by atoms with Crippen LogP contribution in [0, 0.1) is 0 Å². The molecule has 4 nitrogen and oxygen atoms in total. The van der Waals surface area contributed by atoms with E-state index in [2.05, 4.69) is 0 Å². The van der Waals surface area contributed by atoms with Crippen LogP contribution in [0.4, 0.5) is 0 Å². The number of nitrogens with two attached hydrogens (primary N) is 1. The second-order valence-electron chi connectivity index (χ2n) is 5.07. The number of carbonyl (C=O) groups excluding carboxylic acids is 2. The van der Waals surface area contributed by atoms with Crippen LogP contribution in [0.3, 0.4) is 0 Å². The lowest BCUT2D eigenvalue weighted by molar-refractivity contribution is 0.0767. The van der Waals surface area contributed by atoms with Crippen LogP contribution in [0.15, 0.2) is 41.8 Å². The Bertz CT molecular complexity index is 637. The van der Waals surface area contributed by atoms with Gasteiger partial charge in [-0.3, -0.25) is 9.59 Å². The molecule has 0 aliphatic carbocycles. The Morgan fingerprint density at radius 2 is 1.91 bits per heavy atom. The van der Waals surface area contributed by atoms with Gasteiger partial charge < -0.3 is 10.6 Å². The van der Waals surface area contributed by atoms with Crippen LogP contribution in [0.5, 0.6) is 0 Å². The predicted molar refractivity (Wildman–Crippen MR) is 89.4 cm³/mol. The lowest BCUT2D eigenvalue weighted by atomic mass is 10.1. The highest BCUT2D eigenvalue weighted by atomic mass is 32.1. The first kappa shape index (κ1) is 16.4. The molecule has 0 radical (unpaired) electrons. The van der Waals surface area contributed by atoms with Crippen LogP contribution in [0.2, 0.25) is 0 Å². The molecule has 0 unspecified atom stereocenters. The fourth-order valence-electron chi connectivity index (χ4n) is 2.17. The van der Waals surface area contributed by atoms with E-state index in [0.717, 1.165) is 6.42 Å². The number of Topliss-reactive ketones (excluding diaryl/α,β-unsaturated/α-hetero) is 1. The van der Waals surface area contributed by atoms with Gasteiger partial charge in [0.05, 0.1) is 4.88 Å². The molecule has 0 atom stereocenters. The SMILES string of the molecule is CC(=O)c1csc(C(=O)N(CCN)CCc2ccccc2)c1. The zero-order chi connectivity index (χ0) is 15.9. The van der Waals surface area contributed by atoms with Crippen molar-refractivity contribution in [2.45, 2.75) is 13.3 Å². The highest BCUT2D eigenvalue weighted by molar-refractivity contribution is 7.12. The summed E-state index contributed by atoms with van der Waals surface area (Å²) >= 11 is 1.31. The Balaban J connectivity index is 2.05. The number of hydrogen-bond acceptors (Lipinski definition) is 4. The van der Waals surface area contributed by atoms with Crippen LogP contribution in [-0.4, -0.2) is 36.2 Å². The van der Waals surface area contributed by atoms with E-state index in [1.807, 2.05) is 30.3 Å². The van der Waals surface area contributed by atoms with E-state index in [-0.39, 0.29) is 11.7 Å². The number of benzene rings is 1. The van der Waals surface area contributed by atoms with Crippen molar-refractivity contribution < 1.29 is 9.59 Å². The summed E-state index contributed by atoms with van der Waals surface area (Å²) in [6.07, 6.45) is 0.789. The van der Waals surface area contributed by atoms with E-state index in [4.69, 9.17) is 5.73 Å². The molecule has 1 heterocycles. The Kier molecular flexibility index (Phi) is 5.86. The third-order valence-electron chi connectivity index (χ3n) is 3.42. The van der Waals surface area contributed by atoms with E-state index in [1.54, 1.807) is 16.3 Å². The molecule has 22 heavy (non-hydrogen) atoms. The molecule has 1 aromatic heterocycles. The number of hydrogen-bond donors (Lipinski definition) is 1. The summed E-state index contributed by atoms with van der Waals surface area (Å²) in [5.41, 5.74) is 7.40. The number of ketones is 1. The lowest BCUT2D eigenvalue weighted by Crippen LogP contribution is -2.36. The van der Waals surface area contributed by atoms with Gasteiger partial charge >= 0.3 is 0 Å². The van der Waals surface area contributed by atoms with Gasteiger partial charge in [0.15, 0.2) is 5.78 Å². The number of carbonyl (C=O) groups is 2. The molecule has 0 aliphatic heterocycles. The van der Waals surface area contributed by atoms with Crippen molar-refractivity contribution in [3.63, 3.8) is 0 Å². The summed E-state index contributed by atoms with van der Waals surface area (Å²) in [6.45, 7) is 3.06. The van der Waals surface area contributed by atoms with Gasteiger partial charge in [0, 0.05) is 30.6 Å². The van der Waals surface area contributed by atoms with E-state index < -0.39 is 0 Å². The minimum atomic E-state index is -0.0566. The van der Waals surface area contributed by atoms with Gasteiger partial charge in [0.25, 0.3) is 5.91 Å². The molecule has 1 aromatic carbocycles. The first-order chi connectivity index (χ1) is 10.6. The largest absolute Gasteiger partial charge is 0.336 e. The highest BCUT2D eigenvalue weighted by Crippen LogP contribution is 2.17. The Hall–Kier alpha value is -1.98. The van der Waals surface area contributed by atoms with E-state index in [1.165, 1.54) is 23.8 Å². The quantitative estimate of drug-likeness (QED) is 0.799. The molecule has 0 bridgehead atoms. The molecule has 0 saturated carbocycles. The topological polar surface area (TPSA) is 63.4 Å². The van der Waals surface area contributed by atoms with Crippen molar-refractivity contribution in [1.82, 2.24) is 4.90 Å². The second-order valence-corrected chi connectivity index (χ2v) is 5.98. The van der Waals surface area contributed by atoms with Crippen molar-refractivity contribution in [2.75, 3.05) is 19.6 Å². The summed E-state index contributed by atoms with van der Waals surface area (Å²) in [7, 11) is 0. The maximum Gasteiger partial charge on any atom is 0.263 e. The Labute approximate surface area is 134 Å². The summed E-state index contributed by atoms with van der Waals surface area (Å²) in [4.78, 5) is 26.3. The zero-order valence-corrected chi connectivity index (χ0v) is 13.4. The van der Waals surface area contributed by atoms with Crippen molar-refractivity contribution >= 4 is 23.0 Å². The molecular formula is C17H20N2O2S. The standard InChI is InChI=1S/C17H20N2O2S/c1-13(20)15-11-16(22-12-15)17(21)19(10-8-18)9-7-14-5-3-2-4-6-14/h2-6,11-12H,7-10,18H2,1H3. The molecule has 116 valence electrons. The smallest absolute Gasteiger partial charge is 0.263 e. The van der Waals surface area contributed by atoms with Gasteiger partial charge in [-0.2, -0.15) is 0 Å². The van der Waals surface area contributed by atoms with Gasteiger partial charge in [0.1, 0.15) is 0 Å². The normalized spacial score (nSPS) is 10.5. The van der Waals surface area contributed by atoms with Crippen molar-refractivity contribution in [3.05, 3.63) is 57.8 Å². The molecular weight excluding hydrogens is 296 g/mol. The van der Waals surface area contributed by atoms with Gasteiger partial charge in [-0.15, -0.1) is 11.3 Å². The molecule has 0 saturated heterocycles. The third kappa shape index (κ3) is 4.26. The lowest BCUT2D eigenvalue weighted by Gasteiger charge is -2.21. The molecule has 0 aliphatic rings. The summed E-state index contributed by atoms with van der Waals surface area (Å²) in [5, 5.41) is 1.73. The number of thiophene rings is 1. The van der Waals surface area contributed by atoms with Gasteiger partial charge in [-0.25, -0.2) is 0 Å². The number of nitrogens with zero attached hydrogens (tertiary/aromatic N) is 1. The van der Waals surface area contributed by atoms with Crippen molar-refractivity contribution in [1.29, 1.82) is 0 Å². The van der Waals surface area contributed by atoms with Gasteiger partial charge in [0.2, 0.25) is 0 Å². The van der Waals surface area contributed by atoms with Crippen LogP contribution in [-0.2, 0) is 6.42 Å². The van der Waals surface area contributed by atoms with Crippen LogP contribution in [0.25, 0.3) is 0 Å². The molecule has 0 spiro atoms. The molecule has 2 rings (SSSR count). The Morgan fingerprint density at radius 3 is 2.50 bits per heavy atom. The van der Waals surface area contributed by atoms with E-state index in [0.29, 0.717) is 30.1 Å². The summed E-state index contributed by atoms with van der Waals surface area (Å²) in [6, 6.07) is 11.7. The maximum absolute atomic E-state index is 12.6. The maximum atomic E-state index is 12.6. The molecule has 2 N–H and O–H groups in total. The Morgan fingerprint density at radius 1 is 1.18 bits per heavy atom. The molecule has 0 fully saturated rings. The molecule has 1 amide bonds. The average molecular weight is 316 g/mol. The van der Waals surface area contributed by atoms with Crippen LogP contribution >= 0.6 is 11.3 Å². The number of rotatable bonds is 7. The first-order valence-corrected chi connectivity index (χ1v) is 8.12. The summed E-state index contributed by atoms with van der Waals surface area (Å²) < 4.78 is 0. The van der Waals surface area contributed by atoms with Crippen molar-refractivity contribution in [2.24, 2.45) is 5.73 Å². The van der Waals surface area contributed by atoms with Crippen molar-refractivity contribution in [3.8, 4) is 0 Å². The minimum Gasteiger partial charge on any atom is -0.336 e. The van der Waals surface area contributed by atoms with E-state index in [9.17, 15) is 9.59 Å². The average Bonchev–Trinajstić information content (AvgIpc) is 3.02. The zero-order valence-electron chi connectivity index (χ0n) is 12.6. The third-order valence-corrected chi connectivity index (χ3v) is 4.33. The molecule has 5 heteroatoms. The molecule has 2 aromatic rings.